The normalized spacial score (nSPS) is 15.0. The molecule has 2 heterocycles. The van der Waals surface area contributed by atoms with Gasteiger partial charge in [0.2, 0.25) is 15.9 Å². The number of nitrogens with one attached hydrogen (secondary N) is 1. The van der Waals surface area contributed by atoms with E-state index < -0.39 is 15.6 Å². The van der Waals surface area contributed by atoms with Crippen molar-refractivity contribution in [1.82, 2.24) is 14.2 Å². The monoisotopic (exact) mass is 409 g/mol. The van der Waals surface area contributed by atoms with Gasteiger partial charge in [-0.3, -0.25) is 9.59 Å². The van der Waals surface area contributed by atoms with Crippen molar-refractivity contribution >= 4 is 27.5 Å². The Balaban J connectivity index is 1.69. The van der Waals surface area contributed by atoms with Crippen LogP contribution in [0.3, 0.4) is 0 Å². The Kier molecular flexibility index (Phi) is 5.98. The first-order valence-electron chi connectivity index (χ1n) is 8.58. The van der Waals surface area contributed by atoms with E-state index in [4.69, 9.17) is 11.6 Å². The molecule has 1 N–H and O–H groups in total. The molecule has 0 atom stereocenters. The SMILES string of the molecule is O=C(Cn1cc(S(=O)(=O)N2CCCC2)ccc1=O)NCc1ccc(Cl)cc1. The number of hydrogen-bond donors (Lipinski definition) is 1. The van der Waals surface area contributed by atoms with Crippen LogP contribution in [0.2, 0.25) is 5.02 Å². The Morgan fingerprint density at radius 3 is 2.41 bits per heavy atom. The number of sulfonamides is 1. The van der Waals surface area contributed by atoms with E-state index in [2.05, 4.69) is 5.32 Å². The molecular formula is C18H20ClN3O4S. The van der Waals surface area contributed by atoms with E-state index in [1.807, 2.05) is 0 Å². The van der Waals surface area contributed by atoms with Gasteiger partial charge in [0.15, 0.2) is 0 Å². The maximum absolute atomic E-state index is 12.6. The summed E-state index contributed by atoms with van der Waals surface area (Å²) >= 11 is 5.82. The van der Waals surface area contributed by atoms with Crippen LogP contribution in [-0.4, -0.2) is 36.3 Å². The number of nitrogens with zero attached hydrogens (tertiary/aromatic N) is 2. The van der Waals surface area contributed by atoms with Crippen molar-refractivity contribution < 1.29 is 13.2 Å². The number of aromatic nitrogens is 1. The fraction of sp³-hybridized carbons (Fsp3) is 0.333. The van der Waals surface area contributed by atoms with Gasteiger partial charge in [0, 0.05) is 36.9 Å². The lowest BCUT2D eigenvalue weighted by molar-refractivity contribution is -0.121. The lowest BCUT2D eigenvalue weighted by atomic mass is 10.2. The van der Waals surface area contributed by atoms with Crippen molar-refractivity contribution in [2.24, 2.45) is 0 Å². The maximum Gasteiger partial charge on any atom is 0.251 e. The predicted molar refractivity (Wildman–Crippen MR) is 102 cm³/mol. The Hall–Kier alpha value is -2.16. The first kappa shape index (κ1) is 19.6. The Morgan fingerprint density at radius 1 is 1.07 bits per heavy atom. The molecule has 0 spiro atoms. The molecule has 1 aromatic heterocycles. The largest absolute Gasteiger partial charge is 0.350 e. The zero-order valence-electron chi connectivity index (χ0n) is 14.6. The third-order valence-electron chi connectivity index (χ3n) is 4.38. The summed E-state index contributed by atoms with van der Waals surface area (Å²) in [6.45, 7) is 0.985. The van der Waals surface area contributed by atoms with Gasteiger partial charge in [-0.1, -0.05) is 23.7 Å². The lowest BCUT2D eigenvalue weighted by Crippen LogP contribution is -2.33. The smallest absolute Gasteiger partial charge is 0.251 e. The molecule has 0 radical (unpaired) electrons. The number of hydrogen-bond acceptors (Lipinski definition) is 4. The minimum atomic E-state index is -3.64. The van der Waals surface area contributed by atoms with E-state index in [-0.39, 0.29) is 23.9 Å². The number of amides is 1. The predicted octanol–water partition coefficient (Wildman–Crippen LogP) is 1.60. The van der Waals surface area contributed by atoms with Gasteiger partial charge < -0.3 is 9.88 Å². The highest BCUT2D eigenvalue weighted by atomic mass is 35.5. The minimum absolute atomic E-state index is 0.0227. The summed E-state index contributed by atoms with van der Waals surface area (Å²) in [6, 6.07) is 9.49. The molecule has 1 aliphatic heterocycles. The molecule has 144 valence electrons. The fourth-order valence-corrected chi connectivity index (χ4v) is 4.54. The van der Waals surface area contributed by atoms with Gasteiger partial charge in [0.1, 0.15) is 6.54 Å². The summed E-state index contributed by atoms with van der Waals surface area (Å²) in [5.74, 6) is -0.386. The molecule has 3 rings (SSSR count). The standard InChI is InChI=1S/C18H20ClN3O4S/c19-15-5-3-14(4-6-15)11-20-17(23)13-21-12-16(7-8-18(21)24)27(25,26)22-9-1-2-10-22/h3-8,12H,1-2,9-11,13H2,(H,20,23). The van der Waals surface area contributed by atoms with Gasteiger partial charge >= 0.3 is 0 Å². The van der Waals surface area contributed by atoms with Crippen molar-refractivity contribution in [3.8, 4) is 0 Å². The quantitative estimate of drug-likeness (QED) is 0.784. The maximum atomic E-state index is 12.6. The van der Waals surface area contributed by atoms with Gasteiger partial charge in [-0.25, -0.2) is 8.42 Å². The first-order chi connectivity index (χ1) is 12.9. The number of halogens is 1. The van der Waals surface area contributed by atoms with Gasteiger partial charge in [-0.2, -0.15) is 4.31 Å². The van der Waals surface area contributed by atoms with E-state index in [9.17, 15) is 18.0 Å². The summed E-state index contributed by atoms with van der Waals surface area (Å²) in [5, 5.41) is 3.31. The number of pyridine rings is 1. The van der Waals surface area contributed by atoms with E-state index in [0.717, 1.165) is 23.0 Å². The third kappa shape index (κ3) is 4.77. The average molecular weight is 410 g/mol. The van der Waals surface area contributed by atoms with Crippen LogP contribution >= 0.6 is 11.6 Å². The second kappa shape index (κ2) is 8.24. The molecule has 1 fully saturated rings. The van der Waals surface area contributed by atoms with Crippen LogP contribution in [0.4, 0.5) is 0 Å². The topological polar surface area (TPSA) is 88.5 Å². The van der Waals surface area contributed by atoms with Crippen LogP contribution in [0.5, 0.6) is 0 Å². The molecule has 7 nitrogen and oxygen atoms in total. The van der Waals surface area contributed by atoms with Crippen molar-refractivity contribution in [3.05, 3.63) is 63.5 Å². The van der Waals surface area contributed by atoms with E-state index in [0.29, 0.717) is 18.1 Å². The molecule has 1 aromatic carbocycles. The highest BCUT2D eigenvalue weighted by molar-refractivity contribution is 7.89. The molecular weight excluding hydrogens is 390 g/mol. The molecule has 0 aliphatic carbocycles. The van der Waals surface area contributed by atoms with E-state index in [1.165, 1.54) is 22.6 Å². The van der Waals surface area contributed by atoms with Crippen LogP contribution < -0.4 is 10.9 Å². The van der Waals surface area contributed by atoms with Crippen molar-refractivity contribution in [2.75, 3.05) is 13.1 Å². The minimum Gasteiger partial charge on any atom is -0.350 e. The van der Waals surface area contributed by atoms with E-state index >= 15 is 0 Å². The summed E-state index contributed by atoms with van der Waals surface area (Å²) in [7, 11) is -3.64. The molecule has 0 bridgehead atoms. The molecule has 0 unspecified atom stereocenters. The van der Waals surface area contributed by atoms with Crippen LogP contribution in [0, 0.1) is 0 Å². The van der Waals surface area contributed by atoms with Crippen molar-refractivity contribution in [1.29, 1.82) is 0 Å². The summed E-state index contributed by atoms with van der Waals surface area (Å²) in [6.07, 6.45) is 2.88. The zero-order chi connectivity index (χ0) is 19.4. The van der Waals surface area contributed by atoms with Crippen LogP contribution in [0.1, 0.15) is 18.4 Å². The number of carbonyl (C=O) groups excluding carboxylic acids is 1. The number of carbonyl (C=O) groups is 1. The average Bonchev–Trinajstić information content (AvgIpc) is 3.18. The fourth-order valence-electron chi connectivity index (χ4n) is 2.88. The van der Waals surface area contributed by atoms with Crippen molar-refractivity contribution in [2.45, 2.75) is 30.8 Å². The molecule has 27 heavy (non-hydrogen) atoms. The molecule has 0 saturated carbocycles. The van der Waals surface area contributed by atoms with Crippen LogP contribution in [0.25, 0.3) is 0 Å². The highest BCUT2D eigenvalue weighted by Gasteiger charge is 2.27. The first-order valence-corrected chi connectivity index (χ1v) is 10.4. The van der Waals surface area contributed by atoms with Gasteiger partial charge in [0.05, 0.1) is 4.90 Å². The van der Waals surface area contributed by atoms with Crippen LogP contribution in [0.15, 0.2) is 52.3 Å². The third-order valence-corrected chi connectivity index (χ3v) is 6.51. The summed E-state index contributed by atoms with van der Waals surface area (Å²) in [4.78, 5) is 24.2. The molecule has 2 aromatic rings. The highest BCUT2D eigenvalue weighted by Crippen LogP contribution is 2.19. The Morgan fingerprint density at radius 2 is 1.74 bits per heavy atom. The van der Waals surface area contributed by atoms with Gasteiger partial charge in [-0.15, -0.1) is 0 Å². The second-order valence-electron chi connectivity index (χ2n) is 6.35. The zero-order valence-corrected chi connectivity index (χ0v) is 16.2. The summed E-state index contributed by atoms with van der Waals surface area (Å²) in [5.41, 5.74) is 0.433. The Bertz CT molecular complexity index is 980. The molecule has 1 aliphatic rings. The Labute approximate surface area is 162 Å². The van der Waals surface area contributed by atoms with Gasteiger partial charge in [-0.05, 0) is 36.6 Å². The summed E-state index contributed by atoms with van der Waals surface area (Å²) < 4.78 is 27.8. The molecule has 1 amide bonds. The molecule has 9 heteroatoms. The number of benzene rings is 1. The van der Waals surface area contributed by atoms with Gasteiger partial charge in [0.25, 0.3) is 5.56 Å². The number of rotatable bonds is 6. The van der Waals surface area contributed by atoms with Crippen LogP contribution in [-0.2, 0) is 27.9 Å². The lowest BCUT2D eigenvalue weighted by Gasteiger charge is -2.16. The van der Waals surface area contributed by atoms with Crippen molar-refractivity contribution in [3.63, 3.8) is 0 Å². The molecule has 1 saturated heterocycles. The second-order valence-corrected chi connectivity index (χ2v) is 8.72. The van der Waals surface area contributed by atoms with E-state index in [1.54, 1.807) is 24.3 Å².